The Morgan fingerprint density at radius 2 is 2.33 bits per heavy atom. The summed E-state index contributed by atoms with van der Waals surface area (Å²) in [6.07, 6.45) is 3.52. The lowest BCUT2D eigenvalue weighted by molar-refractivity contribution is 0.100. The number of nitrogens with zero attached hydrogens (tertiary/aromatic N) is 2. The van der Waals surface area contributed by atoms with E-state index in [1.165, 1.54) is 6.07 Å². The first kappa shape index (κ1) is 14.8. The van der Waals surface area contributed by atoms with Crippen molar-refractivity contribution in [1.29, 1.82) is 0 Å². The van der Waals surface area contributed by atoms with Crippen LogP contribution in [0.4, 0.5) is 4.39 Å². The third kappa shape index (κ3) is 2.92. The third-order valence-electron chi connectivity index (χ3n) is 4.11. The third-order valence-corrected chi connectivity index (χ3v) is 4.31. The molecule has 0 spiro atoms. The van der Waals surface area contributed by atoms with Crippen molar-refractivity contribution < 1.29 is 9.13 Å². The second-order valence-electron chi connectivity index (χ2n) is 5.75. The molecule has 1 saturated heterocycles. The van der Waals surface area contributed by atoms with Crippen molar-refractivity contribution in [2.45, 2.75) is 51.1 Å². The average molecular weight is 311 g/mol. The van der Waals surface area contributed by atoms with E-state index in [-0.39, 0.29) is 11.2 Å². The van der Waals surface area contributed by atoms with Crippen molar-refractivity contribution in [1.82, 2.24) is 9.55 Å². The van der Waals surface area contributed by atoms with Crippen LogP contribution in [-0.4, -0.2) is 22.3 Å². The van der Waals surface area contributed by atoms with Crippen molar-refractivity contribution in [3.63, 3.8) is 0 Å². The molecule has 2 unspecified atom stereocenters. The summed E-state index contributed by atoms with van der Waals surface area (Å²) >= 11 is 6.25. The SMILES string of the molecule is Cc1cc2c(cc1F)nc(C(C)Cl)n2CCC1CCCO1. The fourth-order valence-electron chi connectivity index (χ4n) is 2.95. The summed E-state index contributed by atoms with van der Waals surface area (Å²) < 4.78 is 21.5. The van der Waals surface area contributed by atoms with Crippen LogP contribution in [0.5, 0.6) is 0 Å². The predicted molar refractivity (Wildman–Crippen MR) is 82.3 cm³/mol. The van der Waals surface area contributed by atoms with Gasteiger partial charge in [-0.3, -0.25) is 0 Å². The van der Waals surface area contributed by atoms with Gasteiger partial charge in [0, 0.05) is 19.2 Å². The second-order valence-corrected chi connectivity index (χ2v) is 6.41. The Balaban J connectivity index is 1.96. The summed E-state index contributed by atoms with van der Waals surface area (Å²) in [4.78, 5) is 4.51. The van der Waals surface area contributed by atoms with Crippen LogP contribution < -0.4 is 0 Å². The topological polar surface area (TPSA) is 27.1 Å². The Hall–Kier alpha value is -1.13. The van der Waals surface area contributed by atoms with E-state index in [2.05, 4.69) is 9.55 Å². The highest BCUT2D eigenvalue weighted by atomic mass is 35.5. The molecule has 0 aliphatic carbocycles. The van der Waals surface area contributed by atoms with Crippen LogP contribution >= 0.6 is 11.6 Å². The summed E-state index contributed by atoms with van der Waals surface area (Å²) in [6.45, 7) is 5.33. The Kier molecular flexibility index (Phi) is 4.18. The van der Waals surface area contributed by atoms with E-state index >= 15 is 0 Å². The number of fused-ring (bicyclic) bond motifs is 1. The maximum atomic E-state index is 13.7. The van der Waals surface area contributed by atoms with Crippen molar-refractivity contribution in [2.75, 3.05) is 6.61 Å². The number of aromatic nitrogens is 2. The van der Waals surface area contributed by atoms with Crippen LogP contribution in [-0.2, 0) is 11.3 Å². The minimum absolute atomic E-state index is 0.203. The minimum atomic E-state index is -0.222. The van der Waals surface area contributed by atoms with E-state index in [4.69, 9.17) is 16.3 Å². The molecule has 1 aliphatic rings. The molecule has 1 aromatic carbocycles. The van der Waals surface area contributed by atoms with E-state index < -0.39 is 0 Å². The molecule has 0 amide bonds. The molecule has 2 atom stereocenters. The number of hydrogen-bond donors (Lipinski definition) is 0. The maximum absolute atomic E-state index is 13.7. The Morgan fingerprint density at radius 3 is 3.00 bits per heavy atom. The molecule has 0 saturated carbocycles. The van der Waals surface area contributed by atoms with Crippen LogP contribution in [0.25, 0.3) is 11.0 Å². The van der Waals surface area contributed by atoms with E-state index in [0.717, 1.165) is 43.8 Å². The lowest BCUT2D eigenvalue weighted by Gasteiger charge is -2.14. The summed E-state index contributed by atoms with van der Waals surface area (Å²) in [5.41, 5.74) is 2.26. The molecule has 1 aliphatic heterocycles. The first-order valence-electron chi connectivity index (χ1n) is 7.48. The van der Waals surface area contributed by atoms with Crippen LogP contribution in [0.3, 0.4) is 0 Å². The van der Waals surface area contributed by atoms with Gasteiger partial charge in [0.1, 0.15) is 11.6 Å². The minimum Gasteiger partial charge on any atom is -0.378 e. The van der Waals surface area contributed by atoms with Gasteiger partial charge in [-0.15, -0.1) is 11.6 Å². The number of imidazole rings is 1. The first-order valence-corrected chi connectivity index (χ1v) is 7.92. The van der Waals surface area contributed by atoms with Gasteiger partial charge in [0.2, 0.25) is 0 Å². The van der Waals surface area contributed by atoms with Crippen LogP contribution in [0.15, 0.2) is 12.1 Å². The summed E-state index contributed by atoms with van der Waals surface area (Å²) in [6, 6.07) is 3.35. The molecule has 1 aromatic heterocycles. The highest BCUT2D eigenvalue weighted by molar-refractivity contribution is 6.20. The van der Waals surface area contributed by atoms with Gasteiger partial charge in [0.25, 0.3) is 0 Å². The Labute approximate surface area is 129 Å². The monoisotopic (exact) mass is 310 g/mol. The Bertz CT molecular complexity index is 647. The molecular formula is C16H20ClFN2O. The maximum Gasteiger partial charge on any atom is 0.128 e. The molecule has 0 radical (unpaired) electrons. The van der Waals surface area contributed by atoms with Crippen molar-refractivity contribution in [3.05, 3.63) is 29.3 Å². The lowest BCUT2D eigenvalue weighted by atomic mass is 10.1. The van der Waals surface area contributed by atoms with Gasteiger partial charge in [0.15, 0.2) is 0 Å². The van der Waals surface area contributed by atoms with Crippen LogP contribution in [0, 0.1) is 12.7 Å². The first-order chi connectivity index (χ1) is 10.1. The lowest BCUT2D eigenvalue weighted by Crippen LogP contribution is -2.12. The molecule has 3 nitrogen and oxygen atoms in total. The standard InChI is InChI=1S/C16H20ClFN2O/c1-10-8-15-14(9-13(10)18)19-16(11(2)17)20(15)6-5-12-4-3-7-21-12/h8-9,11-12H,3-7H2,1-2H3. The smallest absolute Gasteiger partial charge is 0.128 e. The highest BCUT2D eigenvalue weighted by Gasteiger charge is 2.20. The molecule has 2 aromatic rings. The van der Waals surface area contributed by atoms with Crippen molar-refractivity contribution in [3.8, 4) is 0 Å². The predicted octanol–water partition coefficient (Wildman–Crippen LogP) is 4.35. The molecule has 2 heterocycles. The molecule has 21 heavy (non-hydrogen) atoms. The molecule has 5 heteroatoms. The summed E-state index contributed by atoms with van der Waals surface area (Å²) in [5.74, 6) is 0.578. The second kappa shape index (κ2) is 5.93. The van der Waals surface area contributed by atoms with Gasteiger partial charge in [-0.25, -0.2) is 9.37 Å². The van der Waals surface area contributed by atoms with Crippen molar-refractivity contribution >= 4 is 22.6 Å². The van der Waals surface area contributed by atoms with Crippen LogP contribution in [0.2, 0.25) is 0 Å². The average Bonchev–Trinajstić information content (AvgIpc) is 3.05. The number of ether oxygens (including phenoxy) is 1. The van der Waals surface area contributed by atoms with E-state index in [9.17, 15) is 4.39 Å². The van der Waals surface area contributed by atoms with E-state index in [1.807, 2.05) is 13.0 Å². The molecule has 1 fully saturated rings. The fraction of sp³-hybridized carbons (Fsp3) is 0.562. The van der Waals surface area contributed by atoms with Gasteiger partial charge in [-0.1, -0.05) is 0 Å². The number of aryl methyl sites for hydroxylation is 2. The summed E-state index contributed by atoms with van der Waals surface area (Å²) in [5, 5.41) is -0.203. The quantitative estimate of drug-likeness (QED) is 0.785. The molecule has 3 rings (SSSR count). The number of alkyl halides is 1. The molecule has 0 N–H and O–H groups in total. The number of hydrogen-bond acceptors (Lipinski definition) is 2. The van der Waals surface area contributed by atoms with Gasteiger partial charge in [0.05, 0.1) is 22.5 Å². The van der Waals surface area contributed by atoms with Gasteiger partial charge < -0.3 is 9.30 Å². The zero-order valence-electron chi connectivity index (χ0n) is 12.4. The summed E-state index contributed by atoms with van der Waals surface area (Å²) in [7, 11) is 0. The zero-order valence-corrected chi connectivity index (χ0v) is 13.2. The highest BCUT2D eigenvalue weighted by Crippen LogP contribution is 2.27. The van der Waals surface area contributed by atoms with Gasteiger partial charge in [-0.2, -0.15) is 0 Å². The number of halogens is 2. The largest absolute Gasteiger partial charge is 0.378 e. The Morgan fingerprint density at radius 1 is 1.52 bits per heavy atom. The molecule has 0 bridgehead atoms. The van der Waals surface area contributed by atoms with Gasteiger partial charge >= 0.3 is 0 Å². The number of rotatable bonds is 4. The van der Waals surface area contributed by atoms with Crippen molar-refractivity contribution in [2.24, 2.45) is 0 Å². The van der Waals surface area contributed by atoms with Gasteiger partial charge in [-0.05, 0) is 44.7 Å². The normalized spacial score (nSPS) is 20.3. The molecular weight excluding hydrogens is 291 g/mol. The zero-order chi connectivity index (χ0) is 15.0. The fourth-order valence-corrected chi connectivity index (χ4v) is 3.12. The van der Waals surface area contributed by atoms with E-state index in [1.54, 1.807) is 6.92 Å². The van der Waals surface area contributed by atoms with E-state index in [0.29, 0.717) is 17.2 Å². The molecule has 114 valence electrons. The van der Waals surface area contributed by atoms with Crippen LogP contribution in [0.1, 0.15) is 43.0 Å². The number of benzene rings is 1.